The zero-order valence-electron chi connectivity index (χ0n) is 19.6. The van der Waals surface area contributed by atoms with E-state index in [0.717, 1.165) is 16.9 Å². The number of aliphatic hydroxyl groups excluding tert-OH is 1. The fourth-order valence-electron chi connectivity index (χ4n) is 4.60. The maximum absolute atomic E-state index is 13.3. The zero-order chi connectivity index (χ0) is 25.2. The van der Waals surface area contributed by atoms with Crippen molar-refractivity contribution in [3.63, 3.8) is 0 Å². The van der Waals surface area contributed by atoms with Gasteiger partial charge in [-0.15, -0.1) is 0 Å². The Balaban J connectivity index is 1.57. The number of rotatable bonds is 6. The Labute approximate surface area is 207 Å². The third-order valence-electron chi connectivity index (χ3n) is 6.30. The average molecular weight is 485 g/mol. The molecule has 2 aliphatic rings. The number of benzene rings is 2. The average Bonchev–Trinajstić information content (AvgIpc) is 3.47. The quantitative estimate of drug-likeness (QED) is 0.246. The molecule has 8 heteroatoms. The van der Waals surface area contributed by atoms with E-state index < -0.39 is 17.7 Å². The maximum Gasteiger partial charge on any atom is 0.310 e. The lowest BCUT2D eigenvalue weighted by Gasteiger charge is -2.25. The monoisotopic (exact) mass is 484 g/mol. The Morgan fingerprint density at radius 2 is 1.86 bits per heavy atom. The molecule has 2 aromatic carbocycles. The van der Waals surface area contributed by atoms with Gasteiger partial charge in [0.2, 0.25) is 0 Å². The summed E-state index contributed by atoms with van der Waals surface area (Å²) in [6, 6.07) is 14.6. The number of pyridine rings is 1. The van der Waals surface area contributed by atoms with Crippen LogP contribution in [-0.4, -0.2) is 41.0 Å². The number of fused-ring (bicyclic) bond motifs is 1. The van der Waals surface area contributed by atoms with E-state index in [9.17, 15) is 19.5 Å². The van der Waals surface area contributed by atoms with Crippen molar-refractivity contribution in [2.75, 3.05) is 18.1 Å². The van der Waals surface area contributed by atoms with Gasteiger partial charge in [-0.05, 0) is 66.1 Å². The standard InChI is InChI=1S/C28H24N2O6/c1-2-35-23(31)15-17-3-6-21(7-4-17)30-25(18-9-12-29-13-10-18)24(27(33)28(30)34)26(32)20-5-8-22-19(16-20)11-14-36-22/h3-10,12-13,16,25,32H,2,11,14-15H2,1H3/b26-24-. The number of ether oxygens (including phenoxy) is 2. The molecule has 2 aliphatic heterocycles. The second-order valence-corrected chi connectivity index (χ2v) is 8.52. The van der Waals surface area contributed by atoms with Gasteiger partial charge in [-0.3, -0.25) is 24.3 Å². The van der Waals surface area contributed by atoms with E-state index in [0.29, 0.717) is 36.4 Å². The van der Waals surface area contributed by atoms with Gasteiger partial charge in [-0.2, -0.15) is 0 Å². The van der Waals surface area contributed by atoms with Crippen molar-refractivity contribution in [2.45, 2.75) is 25.8 Å². The number of carbonyl (C=O) groups is 3. The number of aromatic nitrogens is 1. The molecule has 1 amide bonds. The molecule has 3 aromatic rings. The normalized spacial score (nSPS) is 18.1. The molecule has 1 N–H and O–H groups in total. The Morgan fingerprint density at radius 3 is 2.58 bits per heavy atom. The number of anilines is 1. The minimum absolute atomic E-state index is 0.000616. The van der Waals surface area contributed by atoms with Gasteiger partial charge in [0, 0.05) is 30.1 Å². The first kappa shape index (κ1) is 23.3. The van der Waals surface area contributed by atoms with Gasteiger partial charge in [0.1, 0.15) is 11.5 Å². The fraction of sp³-hybridized carbons (Fsp3) is 0.214. The molecule has 0 saturated carbocycles. The van der Waals surface area contributed by atoms with Crippen LogP contribution in [0.5, 0.6) is 5.75 Å². The summed E-state index contributed by atoms with van der Waals surface area (Å²) in [5, 5.41) is 11.3. The van der Waals surface area contributed by atoms with Gasteiger partial charge in [-0.1, -0.05) is 12.1 Å². The minimum Gasteiger partial charge on any atom is -0.507 e. The molecule has 1 fully saturated rings. The van der Waals surface area contributed by atoms with Gasteiger partial charge in [0.05, 0.1) is 31.2 Å². The second kappa shape index (κ2) is 9.65. The van der Waals surface area contributed by atoms with Crippen LogP contribution >= 0.6 is 0 Å². The van der Waals surface area contributed by atoms with E-state index in [1.54, 1.807) is 73.9 Å². The van der Waals surface area contributed by atoms with Crippen molar-refractivity contribution in [3.05, 3.63) is 94.8 Å². The van der Waals surface area contributed by atoms with Gasteiger partial charge < -0.3 is 14.6 Å². The van der Waals surface area contributed by atoms with Crippen LogP contribution in [0.4, 0.5) is 5.69 Å². The smallest absolute Gasteiger partial charge is 0.310 e. The summed E-state index contributed by atoms with van der Waals surface area (Å²) in [5.41, 5.74) is 3.20. The molecule has 1 saturated heterocycles. The van der Waals surface area contributed by atoms with E-state index in [4.69, 9.17) is 9.47 Å². The van der Waals surface area contributed by atoms with Crippen molar-refractivity contribution in [1.29, 1.82) is 0 Å². The highest BCUT2D eigenvalue weighted by Gasteiger charge is 2.47. The van der Waals surface area contributed by atoms with Gasteiger partial charge in [0.15, 0.2) is 0 Å². The van der Waals surface area contributed by atoms with E-state index in [1.807, 2.05) is 0 Å². The molecule has 36 heavy (non-hydrogen) atoms. The highest BCUT2D eigenvalue weighted by molar-refractivity contribution is 6.51. The molecule has 5 rings (SSSR count). The fourth-order valence-corrected chi connectivity index (χ4v) is 4.60. The number of carbonyl (C=O) groups excluding carboxylic acids is 3. The number of hydrogen-bond acceptors (Lipinski definition) is 7. The number of hydrogen-bond donors (Lipinski definition) is 1. The van der Waals surface area contributed by atoms with Crippen LogP contribution in [0.25, 0.3) is 5.76 Å². The predicted octanol–water partition coefficient (Wildman–Crippen LogP) is 3.75. The highest BCUT2D eigenvalue weighted by Crippen LogP contribution is 2.42. The summed E-state index contributed by atoms with van der Waals surface area (Å²) >= 11 is 0. The lowest BCUT2D eigenvalue weighted by atomic mass is 9.95. The highest BCUT2D eigenvalue weighted by atomic mass is 16.5. The van der Waals surface area contributed by atoms with Crippen LogP contribution in [0.2, 0.25) is 0 Å². The Morgan fingerprint density at radius 1 is 1.11 bits per heavy atom. The first-order valence-corrected chi connectivity index (χ1v) is 11.7. The van der Waals surface area contributed by atoms with Crippen LogP contribution in [0.3, 0.4) is 0 Å². The number of ketones is 1. The molecule has 0 aliphatic carbocycles. The van der Waals surface area contributed by atoms with E-state index >= 15 is 0 Å². The second-order valence-electron chi connectivity index (χ2n) is 8.52. The molecular weight excluding hydrogens is 460 g/mol. The summed E-state index contributed by atoms with van der Waals surface area (Å²) in [6.07, 6.45) is 3.95. The van der Waals surface area contributed by atoms with Crippen LogP contribution < -0.4 is 9.64 Å². The summed E-state index contributed by atoms with van der Waals surface area (Å²) in [5.74, 6) is -1.36. The summed E-state index contributed by atoms with van der Waals surface area (Å²) in [4.78, 5) is 43.8. The molecule has 1 aromatic heterocycles. The van der Waals surface area contributed by atoms with Crippen molar-refractivity contribution >= 4 is 29.1 Å². The van der Waals surface area contributed by atoms with Crippen LogP contribution in [0, 0.1) is 0 Å². The van der Waals surface area contributed by atoms with Gasteiger partial charge in [0.25, 0.3) is 11.7 Å². The topological polar surface area (TPSA) is 106 Å². The number of amides is 1. The van der Waals surface area contributed by atoms with E-state index in [1.165, 1.54) is 4.90 Å². The number of aliphatic hydroxyl groups is 1. The van der Waals surface area contributed by atoms with Gasteiger partial charge in [-0.25, -0.2) is 0 Å². The van der Waals surface area contributed by atoms with Crippen LogP contribution in [0.1, 0.15) is 35.2 Å². The Kier molecular flexibility index (Phi) is 6.25. The largest absolute Gasteiger partial charge is 0.507 e. The molecule has 182 valence electrons. The van der Waals surface area contributed by atoms with E-state index in [-0.39, 0.29) is 23.7 Å². The van der Waals surface area contributed by atoms with Crippen LogP contribution in [-0.2, 0) is 32.0 Å². The lowest BCUT2D eigenvalue weighted by molar-refractivity contribution is -0.142. The zero-order valence-corrected chi connectivity index (χ0v) is 19.6. The third kappa shape index (κ3) is 4.22. The summed E-state index contributed by atoms with van der Waals surface area (Å²) in [6.45, 7) is 2.60. The summed E-state index contributed by atoms with van der Waals surface area (Å²) < 4.78 is 10.5. The van der Waals surface area contributed by atoms with Crippen molar-refractivity contribution in [2.24, 2.45) is 0 Å². The molecular formula is C28H24N2O6. The molecule has 8 nitrogen and oxygen atoms in total. The molecule has 0 radical (unpaired) electrons. The van der Waals surface area contributed by atoms with E-state index in [2.05, 4.69) is 4.98 Å². The molecule has 1 unspecified atom stereocenters. The van der Waals surface area contributed by atoms with Crippen LogP contribution in [0.15, 0.2) is 72.6 Å². The number of nitrogens with zero attached hydrogens (tertiary/aromatic N) is 2. The maximum atomic E-state index is 13.3. The molecule has 3 heterocycles. The van der Waals surface area contributed by atoms with Crippen molar-refractivity contribution < 1.29 is 29.0 Å². The number of esters is 1. The summed E-state index contributed by atoms with van der Waals surface area (Å²) in [7, 11) is 0. The lowest BCUT2D eigenvalue weighted by Crippen LogP contribution is -2.29. The molecule has 1 atom stereocenters. The van der Waals surface area contributed by atoms with Gasteiger partial charge >= 0.3 is 5.97 Å². The first-order valence-electron chi connectivity index (χ1n) is 11.7. The third-order valence-corrected chi connectivity index (χ3v) is 6.30. The first-order chi connectivity index (χ1) is 17.5. The molecule has 0 bridgehead atoms. The SMILES string of the molecule is CCOC(=O)Cc1ccc(N2C(=O)C(=O)/C(=C(\O)c3ccc4c(c3)CCO4)C2c2ccncc2)cc1. The van der Waals surface area contributed by atoms with Crippen molar-refractivity contribution in [3.8, 4) is 5.75 Å². The number of Topliss-reactive ketones (excluding diaryl/α,β-unsaturated/α-hetero) is 1. The minimum atomic E-state index is -0.853. The molecule has 0 spiro atoms. The predicted molar refractivity (Wildman–Crippen MR) is 131 cm³/mol. The van der Waals surface area contributed by atoms with Crippen molar-refractivity contribution in [1.82, 2.24) is 4.98 Å². The Bertz CT molecular complexity index is 1360. The Hall–Kier alpha value is -4.46.